The summed E-state index contributed by atoms with van der Waals surface area (Å²) in [4.78, 5) is 14.4. The van der Waals surface area contributed by atoms with Crippen LogP contribution in [-0.2, 0) is 0 Å². The summed E-state index contributed by atoms with van der Waals surface area (Å²) in [6.07, 6.45) is 10.3. The molecular formula is C14H14N4. The summed E-state index contributed by atoms with van der Waals surface area (Å²) in [5.41, 5.74) is 2.20. The normalized spacial score (nSPS) is 15.9. The Morgan fingerprint density at radius 3 is 2.89 bits per heavy atom. The molecule has 0 saturated carbocycles. The van der Waals surface area contributed by atoms with Crippen LogP contribution in [0.15, 0.2) is 30.9 Å². The van der Waals surface area contributed by atoms with E-state index in [0.29, 0.717) is 0 Å². The summed E-state index contributed by atoms with van der Waals surface area (Å²) in [5.74, 6) is 0. The van der Waals surface area contributed by atoms with Crippen LogP contribution in [0.5, 0.6) is 0 Å². The van der Waals surface area contributed by atoms with E-state index in [1.165, 1.54) is 29.3 Å². The second-order valence-electron chi connectivity index (χ2n) is 4.82. The van der Waals surface area contributed by atoms with Gasteiger partial charge in [0.1, 0.15) is 5.65 Å². The summed E-state index contributed by atoms with van der Waals surface area (Å²) in [6.45, 7) is 2.27. The van der Waals surface area contributed by atoms with E-state index in [9.17, 15) is 0 Å². The first kappa shape index (κ1) is 9.88. The van der Waals surface area contributed by atoms with Crippen molar-refractivity contribution in [2.24, 2.45) is 0 Å². The van der Waals surface area contributed by atoms with Crippen LogP contribution in [-0.4, -0.2) is 28.0 Å². The van der Waals surface area contributed by atoms with Crippen molar-refractivity contribution >= 4 is 27.5 Å². The highest BCUT2D eigenvalue weighted by Crippen LogP contribution is 2.32. The van der Waals surface area contributed by atoms with Crippen molar-refractivity contribution in [2.75, 3.05) is 18.0 Å². The highest BCUT2D eigenvalue weighted by Gasteiger charge is 2.17. The Morgan fingerprint density at radius 2 is 2.00 bits per heavy atom. The van der Waals surface area contributed by atoms with Crippen LogP contribution in [0.1, 0.15) is 12.8 Å². The molecule has 0 spiro atoms. The molecule has 0 radical (unpaired) electrons. The van der Waals surface area contributed by atoms with Crippen LogP contribution in [0.3, 0.4) is 0 Å². The Hall–Kier alpha value is -2.10. The molecule has 0 aromatic carbocycles. The highest BCUT2D eigenvalue weighted by molar-refractivity contribution is 6.10. The number of H-pyrrole nitrogens is 1. The van der Waals surface area contributed by atoms with Gasteiger partial charge in [-0.1, -0.05) is 0 Å². The van der Waals surface area contributed by atoms with Gasteiger partial charge in [-0.3, -0.25) is 4.98 Å². The van der Waals surface area contributed by atoms with E-state index in [2.05, 4.69) is 25.9 Å². The first-order chi connectivity index (χ1) is 8.93. The summed E-state index contributed by atoms with van der Waals surface area (Å²) < 4.78 is 0. The lowest BCUT2D eigenvalue weighted by Gasteiger charge is -2.19. The van der Waals surface area contributed by atoms with Gasteiger partial charge in [0.05, 0.1) is 11.9 Å². The third kappa shape index (κ3) is 1.32. The number of nitrogens with zero attached hydrogens (tertiary/aromatic N) is 3. The molecule has 1 N–H and O–H groups in total. The molecule has 1 saturated heterocycles. The van der Waals surface area contributed by atoms with Gasteiger partial charge in [0.15, 0.2) is 0 Å². The fourth-order valence-corrected chi connectivity index (χ4v) is 2.86. The minimum atomic E-state index is 0.953. The minimum absolute atomic E-state index is 0.953. The number of nitrogens with one attached hydrogen (secondary N) is 1. The van der Waals surface area contributed by atoms with Gasteiger partial charge in [-0.2, -0.15) is 0 Å². The van der Waals surface area contributed by atoms with Gasteiger partial charge in [-0.05, 0) is 18.9 Å². The second-order valence-corrected chi connectivity index (χ2v) is 4.82. The molecule has 90 valence electrons. The van der Waals surface area contributed by atoms with Gasteiger partial charge in [-0.15, -0.1) is 0 Å². The molecule has 0 amide bonds. The van der Waals surface area contributed by atoms with Crippen LogP contribution in [0.4, 0.5) is 5.69 Å². The Balaban J connectivity index is 2.08. The Bertz CT molecular complexity index is 710. The molecule has 3 aromatic rings. The van der Waals surface area contributed by atoms with Crippen molar-refractivity contribution in [1.29, 1.82) is 0 Å². The average Bonchev–Trinajstić information content (AvgIpc) is 3.09. The summed E-state index contributed by atoms with van der Waals surface area (Å²) in [5, 5.41) is 3.58. The van der Waals surface area contributed by atoms with Crippen LogP contribution in [0, 0.1) is 0 Å². The van der Waals surface area contributed by atoms with Crippen molar-refractivity contribution in [3.8, 4) is 0 Å². The van der Waals surface area contributed by atoms with Gasteiger partial charge in [0.2, 0.25) is 0 Å². The third-order valence-corrected chi connectivity index (χ3v) is 3.73. The van der Waals surface area contributed by atoms with E-state index in [4.69, 9.17) is 0 Å². The molecule has 1 aliphatic rings. The lowest BCUT2D eigenvalue weighted by Crippen LogP contribution is -2.18. The quantitative estimate of drug-likeness (QED) is 0.709. The molecule has 4 heterocycles. The van der Waals surface area contributed by atoms with Gasteiger partial charge >= 0.3 is 0 Å². The van der Waals surface area contributed by atoms with Crippen LogP contribution in [0.2, 0.25) is 0 Å². The fourth-order valence-electron chi connectivity index (χ4n) is 2.86. The van der Waals surface area contributed by atoms with Crippen LogP contribution >= 0.6 is 0 Å². The zero-order valence-corrected chi connectivity index (χ0v) is 10.1. The van der Waals surface area contributed by atoms with Crippen molar-refractivity contribution in [1.82, 2.24) is 15.0 Å². The van der Waals surface area contributed by atoms with Crippen molar-refractivity contribution < 1.29 is 0 Å². The molecule has 4 nitrogen and oxygen atoms in total. The molecule has 4 heteroatoms. The van der Waals surface area contributed by atoms with Crippen LogP contribution < -0.4 is 4.90 Å². The number of fused-ring (bicyclic) bond motifs is 3. The fraction of sp³-hybridized carbons (Fsp3) is 0.286. The third-order valence-electron chi connectivity index (χ3n) is 3.73. The molecule has 18 heavy (non-hydrogen) atoms. The highest BCUT2D eigenvalue weighted by atomic mass is 15.1. The van der Waals surface area contributed by atoms with Gasteiger partial charge in [0, 0.05) is 47.8 Å². The van der Waals surface area contributed by atoms with E-state index >= 15 is 0 Å². The lowest BCUT2D eigenvalue weighted by atomic mass is 10.1. The molecule has 0 bridgehead atoms. The lowest BCUT2D eigenvalue weighted by molar-refractivity contribution is 0.949. The van der Waals surface area contributed by atoms with Crippen molar-refractivity contribution in [2.45, 2.75) is 12.8 Å². The number of aromatic nitrogens is 3. The molecule has 1 aliphatic heterocycles. The largest absolute Gasteiger partial charge is 0.370 e. The van der Waals surface area contributed by atoms with Crippen LogP contribution in [0.25, 0.3) is 21.8 Å². The van der Waals surface area contributed by atoms with Gasteiger partial charge < -0.3 is 9.88 Å². The van der Waals surface area contributed by atoms with E-state index in [0.717, 1.165) is 24.1 Å². The van der Waals surface area contributed by atoms with Gasteiger partial charge in [0.25, 0.3) is 0 Å². The van der Waals surface area contributed by atoms with E-state index < -0.39 is 0 Å². The Kier molecular flexibility index (Phi) is 2.03. The zero-order valence-electron chi connectivity index (χ0n) is 10.1. The van der Waals surface area contributed by atoms with Crippen molar-refractivity contribution in [3.63, 3.8) is 0 Å². The average molecular weight is 238 g/mol. The first-order valence-corrected chi connectivity index (χ1v) is 6.38. The molecule has 4 rings (SSSR count). The molecular weight excluding hydrogens is 224 g/mol. The Morgan fingerprint density at radius 1 is 1.11 bits per heavy atom. The molecule has 3 aromatic heterocycles. The standard InChI is InChI=1S/C14H14N4/c1-2-6-18(5-1)12-9-15-7-10-8-17-14-11(13(10)12)3-4-16-14/h3-4,7-9H,1-2,5-6H2,(H,16,17). The van der Waals surface area contributed by atoms with E-state index in [1.807, 2.05) is 24.8 Å². The first-order valence-electron chi connectivity index (χ1n) is 6.38. The van der Waals surface area contributed by atoms with Crippen molar-refractivity contribution in [3.05, 3.63) is 30.9 Å². The Labute approximate surface area is 105 Å². The van der Waals surface area contributed by atoms with E-state index in [1.54, 1.807) is 0 Å². The number of rotatable bonds is 1. The maximum atomic E-state index is 4.42. The smallest absolute Gasteiger partial charge is 0.137 e. The summed E-state index contributed by atoms with van der Waals surface area (Å²) in [6, 6.07) is 2.10. The molecule has 0 atom stereocenters. The predicted molar refractivity (Wildman–Crippen MR) is 72.8 cm³/mol. The maximum Gasteiger partial charge on any atom is 0.137 e. The second kappa shape index (κ2) is 3.70. The molecule has 0 aliphatic carbocycles. The summed E-state index contributed by atoms with van der Waals surface area (Å²) in [7, 11) is 0. The maximum absolute atomic E-state index is 4.42. The molecule has 0 unspecified atom stereocenters. The number of pyridine rings is 2. The number of aromatic amines is 1. The number of anilines is 1. The number of hydrogen-bond acceptors (Lipinski definition) is 3. The summed E-state index contributed by atoms with van der Waals surface area (Å²) >= 11 is 0. The van der Waals surface area contributed by atoms with Gasteiger partial charge in [-0.25, -0.2) is 4.98 Å². The SMILES string of the molecule is c1cc2c(ncc3cncc(N4CCCC4)c32)[nH]1. The zero-order chi connectivity index (χ0) is 11.9. The van der Waals surface area contributed by atoms with E-state index in [-0.39, 0.29) is 0 Å². The monoisotopic (exact) mass is 238 g/mol. The number of hydrogen-bond donors (Lipinski definition) is 1. The molecule has 1 fully saturated rings. The predicted octanol–water partition coefficient (Wildman–Crippen LogP) is 2.71. The minimum Gasteiger partial charge on any atom is -0.370 e. The topological polar surface area (TPSA) is 44.8 Å².